The normalized spacial score (nSPS) is 7.77. The quantitative estimate of drug-likeness (QED) is 0.0898. The molecule has 0 unspecified atom stereocenters. The smallest absolute Gasteiger partial charge is 0.335 e. The fourth-order valence-electron chi connectivity index (χ4n) is 2.43. The zero-order valence-corrected chi connectivity index (χ0v) is 43.5. The van der Waals surface area contributed by atoms with Crippen LogP contribution in [-0.2, 0) is 19.7 Å². The van der Waals surface area contributed by atoms with Crippen LogP contribution in [0.15, 0.2) is 78.9 Å². The van der Waals surface area contributed by atoms with E-state index >= 15 is 0 Å². The van der Waals surface area contributed by atoms with Crippen molar-refractivity contribution in [2.75, 3.05) is 25.6 Å². The second-order valence-electron chi connectivity index (χ2n) is 10.1. The van der Waals surface area contributed by atoms with Gasteiger partial charge in [-0.15, -0.1) is 0 Å². The average Bonchev–Trinajstić information content (AvgIpc) is 3.24. The summed E-state index contributed by atoms with van der Waals surface area (Å²) in [4.78, 5) is 38.7. The summed E-state index contributed by atoms with van der Waals surface area (Å²) in [5, 5.41) is 10.7. The standard InChI is InChI=1S/C8H8O2.C8H10OS.C8H8O.C3H9N.C3H8O3S.2C3H8.2C2H4O.4C2H6/c1-6-4-2-3-5-7(6)8(9)10;1-7-3-5-8(6-4-7)9-10-2;1-7(9)8-5-3-2-4-6-8;1-3-4-2;1-2-3-7(4,5)6;2*1-3-2;2*1-2-3;4*1-2/h2-5H,1H3,(H,9,10);3-6H,1-2H3;2-6H,1H3;4H,3H2,1-2H3;2-3H2,1H3,(H,4,5,6);2*3H2,1-2H3;2*2H,1H3;4*1-2H3/p+1. The van der Waals surface area contributed by atoms with Gasteiger partial charge in [-0.05, 0) is 71.7 Å². The van der Waals surface area contributed by atoms with Gasteiger partial charge < -0.3 is 24.2 Å². The second kappa shape index (κ2) is 75.9. The maximum atomic E-state index is 10.6. The summed E-state index contributed by atoms with van der Waals surface area (Å²) in [5.74, 6) is 0.0410. The van der Waals surface area contributed by atoms with Crippen LogP contribution in [0, 0.1) is 13.8 Å². The number of carboxylic acid groups (broad SMARTS) is 1. The highest BCUT2D eigenvalue weighted by molar-refractivity contribution is 7.94. The molecule has 3 aromatic rings. The lowest BCUT2D eigenvalue weighted by Crippen LogP contribution is -2.78. The fraction of sp³-hybridized carbons (Fsp3) is 0.542. The van der Waals surface area contributed by atoms with E-state index < -0.39 is 16.1 Å². The highest BCUT2D eigenvalue weighted by atomic mass is 32.2. The summed E-state index contributed by atoms with van der Waals surface area (Å²) in [6.07, 6.45) is 6.37. The van der Waals surface area contributed by atoms with E-state index in [1.165, 1.54) is 50.8 Å². The molecule has 0 saturated carbocycles. The van der Waals surface area contributed by atoms with Crippen LogP contribution in [0.1, 0.15) is 169 Å². The van der Waals surface area contributed by atoms with Gasteiger partial charge in [0.15, 0.2) is 5.78 Å². The summed E-state index contributed by atoms with van der Waals surface area (Å²) in [5.41, 5.74) is 3.21. The Kier molecular flexibility index (Phi) is 101. The summed E-state index contributed by atoms with van der Waals surface area (Å²) in [7, 11) is -1.62. The molecule has 0 aliphatic rings. The number of aromatic carboxylic acids is 1. The first kappa shape index (κ1) is 80.2. The summed E-state index contributed by atoms with van der Waals surface area (Å²) in [6, 6.07) is 24.1. The molecule has 0 radical (unpaired) electrons. The van der Waals surface area contributed by atoms with Crippen LogP contribution >= 0.6 is 12.0 Å². The number of nitrogens with two attached hydrogens (primary N) is 1. The summed E-state index contributed by atoms with van der Waals surface area (Å²) >= 11 is 1.36. The first-order chi connectivity index (χ1) is 28.5. The molecule has 4 N–H and O–H groups in total. The van der Waals surface area contributed by atoms with Gasteiger partial charge in [-0.3, -0.25) is 9.35 Å². The maximum Gasteiger partial charge on any atom is 0.335 e. The lowest BCUT2D eigenvalue weighted by Gasteiger charge is -1.99. The van der Waals surface area contributed by atoms with Gasteiger partial charge in [0.05, 0.1) is 37.0 Å². The number of carbonyl (C=O) groups excluding carboxylic acids is 3. The number of aryl methyl sites for hydroxylation is 2. The van der Waals surface area contributed by atoms with E-state index in [0.717, 1.165) is 29.4 Å². The first-order valence-corrected chi connectivity index (χ1v) is 23.9. The minimum absolute atomic E-state index is 0.121. The molecule has 0 fully saturated rings. The molecule has 0 spiro atoms. The third-order valence-electron chi connectivity index (χ3n) is 4.63. The molecule has 3 aromatic carbocycles. The second-order valence-corrected chi connectivity index (χ2v) is 12.2. The van der Waals surface area contributed by atoms with Crippen LogP contribution in [0.2, 0.25) is 0 Å². The largest absolute Gasteiger partial charge is 0.478 e. The number of rotatable bonds is 7. The van der Waals surface area contributed by atoms with Crippen LogP contribution < -0.4 is 9.50 Å². The van der Waals surface area contributed by atoms with Crippen molar-refractivity contribution < 1.29 is 46.8 Å². The van der Waals surface area contributed by atoms with E-state index in [9.17, 15) is 18.0 Å². The average molecular weight is 891 g/mol. The zero-order valence-electron chi connectivity index (χ0n) is 41.8. The van der Waals surface area contributed by atoms with Crippen molar-refractivity contribution in [1.29, 1.82) is 0 Å². The monoisotopic (exact) mass is 891 g/mol. The molecule has 60 heavy (non-hydrogen) atoms. The van der Waals surface area contributed by atoms with E-state index in [1.54, 1.807) is 39.0 Å². The lowest BCUT2D eigenvalue weighted by molar-refractivity contribution is -0.623. The van der Waals surface area contributed by atoms with E-state index in [1.807, 2.05) is 122 Å². The fourth-order valence-corrected chi connectivity index (χ4v) is 3.25. The van der Waals surface area contributed by atoms with Gasteiger partial charge in [-0.1, -0.05) is 169 Å². The van der Waals surface area contributed by atoms with Crippen molar-refractivity contribution in [3.8, 4) is 5.75 Å². The predicted molar refractivity (Wildman–Crippen MR) is 266 cm³/mol. The Bertz CT molecular complexity index is 1310. The Morgan fingerprint density at radius 2 is 1.03 bits per heavy atom. The molecule has 0 saturated heterocycles. The Balaban J connectivity index is -0.0000000595. The number of hydrogen-bond donors (Lipinski definition) is 3. The number of aldehydes is 2. The van der Waals surface area contributed by atoms with Crippen LogP contribution in [0.5, 0.6) is 5.75 Å². The first-order valence-electron chi connectivity index (χ1n) is 21.1. The number of carbonyl (C=O) groups is 4. The molecule has 3 rings (SSSR count). The predicted octanol–water partition coefficient (Wildman–Crippen LogP) is 13.1. The van der Waals surface area contributed by atoms with Crippen molar-refractivity contribution in [3.63, 3.8) is 0 Å². The Morgan fingerprint density at radius 1 is 0.700 bits per heavy atom. The molecular weight excluding hydrogens is 799 g/mol. The van der Waals surface area contributed by atoms with E-state index in [4.69, 9.17) is 23.4 Å². The van der Waals surface area contributed by atoms with Crippen molar-refractivity contribution in [2.24, 2.45) is 0 Å². The lowest BCUT2D eigenvalue weighted by atomic mass is 10.1. The minimum atomic E-state index is -3.67. The highest BCUT2D eigenvalue weighted by Gasteiger charge is 2.03. The zero-order chi connectivity index (χ0) is 49.8. The van der Waals surface area contributed by atoms with Crippen molar-refractivity contribution in [3.05, 3.63) is 101 Å². The van der Waals surface area contributed by atoms with Gasteiger partial charge in [0.1, 0.15) is 18.3 Å². The van der Waals surface area contributed by atoms with Gasteiger partial charge in [0, 0.05) is 11.8 Å². The highest BCUT2D eigenvalue weighted by Crippen LogP contribution is 2.14. The molecule has 0 bridgehead atoms. The van der Waals surface area contributed by atoms with E-state index in [0.29, 0.717) is 12.0 Å². The topological polar surface area (TPSA) is 169 Å². The molecule has 0 aromatic heterocycles. The van der Waals surface area contributed by atoms with Crippen molar-refractivity contribution in [2.45, 2.75) is 151 Å². The van der Waals surface area contributed by atoms with Gasteiger partial charge in [-0.2, -0.15) is 8.42 Å². The minimum Gasteiger partial charge on any atom is -0.478 e. The number of benzene rings is 3. The van der Waals surface area contributed by atoms with Gasteiger partial charge in [0.2, 0.25) is 0 Å². The van der Waals surface area contributed by atoms with Crippen LogP contribution in [0.4, 0.5) is 0 Å². The Hall–Kier alpha value is -3.84. The summed E-state index contributed by atoms with van der Waals surface area (Å²) in [6.45, 7) is 37.8. The van der Waals surface area contributed by atoms with Crippen LogP contribution in [0.3, 0.4) is 0 Å². The molecule has 12 heteroatoms. The molecule has 354 valence electrons. The van der Waals surface area contributed by atoms with Gasteiger partial charge in [-0.25, -0.2) is 4.79 Å². The molecule has 10 nitrogen and oxygen atoms in total. The third kappa shape index (κ3) is 90.3. The van der Waals surface area contributed by atoms with Crippen LogP contribution in [0.25, 0.3) is 0 Å². The number of carboxylic acids is 1. The number of ketones is 1. The molecular formula is C48H92NO9S2+. The molecule has 0 heterocycles. The Morgan fingerprint density at radius 3 is 1.23 bits per heavy atom. The van der Waals surface area contributed by atoms with Gasteiger partial charge >= 0.3 is 5.97 Å². The van der Waals surface area contributed by atoms with Crippen molar-refractivity contribution in [1.82, 2.24) is 0 Å². The van der Waals surface area contributed by atoms with E-state index in [2.05, 4.69) is 53.9 Å². The molecule has 0 aliphatic heterocycles. The maximum absolute atomic E-state index is 10.6. The molecule has 0 amide bonds. The Labute approximate surface area is 375 Å². The molecule has 0 atom stereocenters. The number of quaternary nitrogens is 1. The number of hydrogen-bond acceptors (Lipinski definition) is 8. The number of Topliss-reactive ketones (excluding diaryl/α,β-unsaturated/α-hetero) is 1. The van der Waals surface area contributed by atoms with Crippen molar-refractivity contribution >= 4 is 46.5 Å². The molecule has 0 aliphatic carbocycles. The SMILES string of the molecule is CC.CC.CC.CC.CC(=O)c1ccccc1.CC=O.CC=O.CCC.CCC.CCCS(=O)(=O)O.CC[NH2+]C.CSOc1ccc(C)cc1.Cc1ccccc1C(=O)O. The summed E-state index contributed by atoms with van der Waals surface area (Å²) < 4.78 is 32.7. The van der Waals surface area contributed by atoms with E-state index in [-0.39, 0.29) is 11.5 Å². The third-order valence-corrected chi connectivity index (χ3v) is 5.91. The van der Waals surface area contributed by atoms with Crippen LogP contribution in [-0.4, -0.2) is 68.0 Å². The van der Waals surface area contributed by atoms with Gasteiger partial charge in [0.25, 0.3) is 10.1 Å².